The van der Waals surface area contributed by atoms with Crippen molar-refractivity contribution in [3.63, 3.8) is 0 Å². The van der Waals surface area contributed by atoms with Crippen molar-refractivity contribution in [2.75, 3.05) is 47.1 Å². The second-order valence-corrected chi connectivity index (χ2v) is 17.3. The molecular weight excluding hydrogens is 767 g/mol. The summed E-state index contributed by atoms with van der Waals surface area (Å²) in [5, 5.41) is 8.85. The number of nitrogens with zero attached hydrogens (tertiary/aromatic N) is 4. The van der Waals surface area contributed by atoms with E-state index in [1.807, 2.05) is 111 Å². The van der Waals surface area contributed by atoms with E-state index < -0.39 is 30.2 Å². The fourth-order valence-corrected chi connectivity index (χ4v) is 9.19. The molecule has 0 bridgehead atoms. The molecule has 2 heterocycles. The minimum Gasteiger partial charge on any atom is -0.399 e. The number of methoxy groups -OCH3 is 2. The van der Waals surface area contributed by atoms with Crippen LogP contribution in [0.5, 0.6) is 0 Å². The molecule has 324 valence electrons. The quantitative estimate of drug-likeness (QED) is 0.114. The molecular formula is C45H67N7O6S. The number of nitrogens with one attached hydrogen (secondary N) is 2. The van der Waals surface area contributed by atoms with Crippen LogP contribution in [0.4, 0.5) is 5.69 Å². The third-order valence-corrected chi connectivity index (χ3v) is 12.7. The van der Waals surface area contributed by atoms with E-state index in [2.05, 4.69) is 15.6 Å². The summed E-state index contributed by atoms with van der Waals surface area (Å²) in [6.07, 6.45) is 3.43. The highest BCUT2D eigenvalue weighted by Crippen LogP contribution is 2.30. The largest absolute Gasteiger partial charge is 0.399 e. The van der Waals surface area contributed by atoms with Crippen LogP contribution >= 0.6 is 11.3 Å². The number of hydrogen-bond acceptors (Lipinski definition) is 10. The van der Waals surface area contributed by atoms with Crippen molar-refractivity contribution < 1.29 is 28.7 Å². The SMILES string of the molecule is CCC(C)C(C(CC(=O)N1CCCC1C(OC)C(C)C(=O)NC(Cc1ccccc1)c1nccs1)OC)N(C)C(=O)CNC(=O)C(C(C)C)N(C)Cc1ccc(N)cc1. The molecule has 1 aromatic heterocycles. The number of hydrogen-bond donors (Lipinski definition) is 3. The molecule has 14 heteroatoms. The van der Waals surface area contributed by atoms with Crippen LogP contribution in [0.3, 0.4) is 0 Å². The monoisotopic (exact) mass is 833 g/mol. The first kappa shape index (κ1) is 47.3. The Kier molecular flexibility index (Phi) is 18.3. The van der Waals surface area contributed by atoms with Crippen molar-refractivity contribution in [3.05, 3.63) is 82.3 Å². The van der Waals surface area contributed by atoms with Crippen LogP contribution in [0.25, 0.3) is 0 Å². The average molecular weight is 834 g/mol. The Morgan fingerprint density at radius 1 is 0.966 bits per heavy atom. The van der Waals surface area contributed by atoms with Gasteiger partial charge >= 0.3 is 0 Å². The molecule has 59 heavy (non-hydrogen) atoms. The number of thiazole rings is 1. The maximum absolute atomic E-state index is 14.3. The lowest BCUT2D eigenvalue weighted by molar-refractivity contribution is -0.146. The number of likely N-dealkylation sites (N-methyl/N-ethyl adjacent to an activating group) is 2. The smallest absolute Gasteiger partial charge is 0.242 e. The summed E-state index contributed by atoms with van der Waals surface area (Å²) < 4.78 is 12.0. The predicted molar refractivity (Wildman–Crippen MR) is 233 cm³/mol. The number of aromatic nitrogens is 1. The fraction of sp³-hybridized carbons (Fsp3) is 0.578. The van der Waals surface area contributed by atoms with Crippen LogP contribution in [0.15, 0.2) is 66.2 Å². The lowest BCUT2D eigenvalue weighted by Gasteiger charge is -2.39. The van der Waals surface area contributed by atoms with Crippen LogP contribution in [0, 0.1) is 17.8 Å². The van der Waals surface area contributed by atoms with E-state index in [0.717, 1.165) is 29.0 Å². The standard InChI is InChI=1S/C45H67N7O6S/c1-10-30(4)41(51(7)39(54)27-48-44(56)40(29(2)3)50(6)28-33-18-20-34(46)21-19-33)37(57-8)26-38(53)52-23-14-17-36(52)42(58-9)31(5)43(55)49-35(45-47-22-24-59-45)25-32-15-12-11-13-16-32/h11-13,15-16,18-22,24,29-31,35-37,40-42H,10,14,17,23,25-28,46H2,1-9H3,(H,48,56)(H,49,55). The molecule has 0 radical (unpaired) electrons. The van der Waals surface area contributed by atoms with Crippen molar-refractivity contribution >= 4 is 40.7 Å². The summed E-state index contributed by atoms with van der Waals surface area (Å²) in [4.78, 5) is 65.5. The highest BCUT2D eigenvalue weighted by atomic mass is 32.1. The van der Waals surface area contributed by atoms with Gasteiger partial charge in [0.1, 0.15) is 5.01 Å². The first-order valence-electron chi connectivity index (χ1n) is 20.9. The van der Waals surface area contributed by atoms with E-state index in [-0.39, 0.29) is 60.5 Å². The first-order chi connectivity index (χ1) is 28.2. The van der Waals surface area contributed by atoms with E-state index in [4.69, 9.17) is 15.2 Å². The number of benzene rings is 2. The second kappa shape index (κ2) is 22.8. The zero-order valence-electron chi connectivity index (χ0n) is 36.4. The molecule has 0 saturated carbocycles. The molecule has 1 aliphatic heterocycles. The highest BCUT2D eigenvalue weighted by Gasteiger charge is 2.42. The molecule has 4 rings (SSSR count). The molecule has 4 N–H and O–H groups in total. The summed E-state index contributed by atoms with van der Waals surface area (Å²) >= 11 is 1.50. The van der Waals surface area contributed by atoms with Gasteiger partial charge in [-0.25, -0.2) is 4.98 Å². The number of ether oxygens (including phenoxy) is 2. The number of likely N-dealkylation sites (tertiary alicyclic amines) is 1. The zero-order chi connectivity index (χ0) is 43.2. The molecule has 3 aromatic rings. The first-order valence-corrected chi connectivity index (χ1v) is 21.7. The number of anilines is 1. The topological polar surface area (TPSA) is 159 Å². The van der Waals surface area contributed by atoms with Crippen LogP contribution in [0.2, 0.25) is 0 Å². The van der Waals surface area contributed by atoms with Gasteiger partial charge in [0, 0.05) is 51.6 Å². The lowest BCUT2D eigenvalue weighted by atomic mass is 9.90. The third-order valence-electron chi connectivity index (χ3n) is 11.9. The van der Waals surface area contributed by atoms with E-state index in [9.17, 15) is 19.2 Å². The van der Waals surface area contributed by atoms with Gasteiger partial charge < -0.3 is 35.6 Å². The van der Waals surface area contributed by atoms with Crippen molar-refractivity contribution in [2.24, 2.45) is 17.8 Å². The van der Waals surface area contributed by atoms with Gasteiger partial charge in [0.05, 0.1) is 55.3 Å². The Morgan fingerprint density at radius 2 is 1.66 bits per heavy atom. The predicted octanol–water partition coefficient (Wildman–Crippen LogP) is 5.32. The number of rotatable bonds is 22. The fourth-order valence-electron chi connectivity index (χ4n) is 8.50. The zero-order valence-corrected chi connectivity index (χ0v) is 37.2. The normalized spacial score (nSPS) is 17.8. The minimum atomic E-state index is -0.614. The summed E-state index contributed by atoms with van der Waals surface area (Å²) in [5.74, 6) is -1.38. The molecule has 8 unspecified atom stereocenters. The van der Waals surface area contributed by atoms with Crippen molar-refractivity contribution in [2.45, 2.75) is 110 Å². The maximum atomic E-state index is 14.3. The Hall–Kier alpha value is -4.37. The van der Waals surface area contributed by atoms with Gasteiger partial charge in [-0.2, -0.15) is 0 Å². The number of nitrogens with two attached hydrogens (primary N) is 1. The second-order valence-electron chi connectivity index (χ2n) is 16.3. The molecule has 1 aliphatic rings. The number of amides is 4. The number of nitrogen functional groups attached to an aromatic ring is 1. The Bertz CT molecular complexity index is 1760. The summed E-state index contributed by atoms with van der Waals surface area (Å²) in [7, 11) is 6.77. The van der Waals surface area contributed by atoms with E-state index in [1.165, 1.54) is 11.3 Å². The van der Waals surface area contributed by atoms with Crippen molar-refractivity contribution in [3.8, 4) is 0 Å². The molecule has 13 nitrogen and oxygen atoms in total. The minimum absolute atomic E-state index is 0.0112. The lowest BCUT2D eigenvalue weighted by Crippen LogP contribution is -2.55. The van der Waals surface area contributed by atoms with E-state index >= 15 is 0 Å². The molecule has 2 aromatic carbocycles. The highest BCUT2D eigenvalue weighted by molar-refractivity contribution is 7.09. The summed E-state index contributed by atoms with van der Waals surface area (Å²) in [5.41, 5.74) is 8.65. The van der Waals surface area contributed by atoms with Crippen LogP contribution in [-0.2, 0) is 41.6 Å². The maximum Gasteiger partial charge on any atom is 0.242 e. The van der Waals surface area contributed by atoms with Gasteiger partial charge in [0.15, 0.2) is 0 Å². The number of carbonyl (C=O) groups excluding carboxylic acids is 4. The Balaban J connectivity index is 1.41. The van der Waals surface area contributed by atoms with Gasteiger partial charge in [-0.1, -0.05) is 83.5 Å². The van der Waals surface area contributed by atoms with Crippen LogP contribution < -0.4 is 16.4 Å². The van der Waals surface area contributed by atoms with Crippen LogP contribution in [-0.4, -0.2) is 115 Å². The van der Waals surface area contributed by atoms with Gasteiger partial charge in [-0.15, -0.1) is 11.3 Å². The van der Waals surface area contributed by atoms with Crippen molar-refractivity contribution in [1.29, 1.82) is 0 Å². The summed E-state index contributed by atoms with van der Waals surface area (Å²) in [6, 6.07) is 16.0. The summed E-state index contributed by atoms with van der Waals surface area (Å²) in [6.45, 7) is 10.8. The van der Waals surface area contributed by atoms with Gasteiger partial charge in [0.25, 0.3) is 0 Å². The number of carbonyl (C=O) groups is 4. The molecule has 0 spiro atoms. The molecule has 8 atom stereocenters. The van der Waals surface area contributed by atoms with Gasteiger partial charge in [-0.05, 0) is 61.4 Å². The third kappa shape index (κ3) is 12.8. The Morgan fingerprint density at radius 3 is 2.25 bits per heavy atom. The van der Waals surface area contributed by atoms with E-state index in [1.54, 1.807) is 32.4 Å². The average Bonchev–Trinajstić information content (AvgIpc) is 3.94. The molecule has 1 fully saturated rings. The van der Waals surface area contributed by atoms with Crippen molar-refractivity contribution in [1.82, 2.24) is 30.3 Å². The van der Waals surface area contributed by atoms with Crippen LogP contribution in [0.1, 0.15) is 82.5 Å². The Labute approximate surface area is 355 Å². The van der Waals surface area contributed by atoms with Gasteiger partial charge in [-0.3, -0.25) is 24.1 Å². The molecule has 0 aliphatic carbocycles. The van der Waals surface area contributed by atoms with E-state index in [0.29, 0.717) is 31.6 Å². The molecule has 4 amide bonds. The van der Waals surface area contributed by atoms with Gasteiger partial charge in [0.2, 0.25) is 23.6 Å². The molecule has 1 saturated heterocycles.